The van der Waals surface area contributed by atoms with E-state index in [4.69, 9.17) is 0 Å². The summed E-state index contributed by atoms with van der Waals surface area (Å²) < 4.78 is 1.24. The van der Waals surface area contributed by atoms with E-state index in [2.05, 4.69) is 18.8 Å². The van der Waals surface area contributed by atoms with Gasteiger partial charge in [0, 0.05) is 12.2 Å². The highest BCUT2D eigenvalue weighted by atomic mass is 16.2. The van der Waals surface area contributed by atoms with Crippen molar-refractivity contribution in [2.45, 2.75) is 46.1 Å². The van der Waals surface area contributed by atoms with Gasteiger partial charge in [-0.2, -0.15) is 0 Å². The van der Waals surface area contributed by atoms with E-state index >= 15 is 0 Å². The molecular weight excluding hydrogens is 244 g/mol. The number of carbonyl (C=O) groups excluding carboxylic acids is 1. The third-order valence-corrected chi connectivity index (χ3v) is 3.91. The molecule has 2 atom stereocenters. The second-order valence-corrected chi connectivity index (χ2v) is 5.81. The lowest BCUT2D eigenvalue weighted by molar-refractivity contribution is 0.101. The molecule has 2 rings (SSSR count). The molecule has 1 aromatic rings. The zero-order valence-corrected chi connectivity index (χ0v) is 11.6. The fourth-order valence-electron chi connectivity index (χ4n) is 3.19. The predicted molar refractivity (Wildman–Crippen MR) is 72.5 cm³/mol. The molecule has 2 unspecified atom stereocenters. The Morgan fingerprint density at radius 2 is 1.79 bits per heavy atom. The molecule has 1 heterocycles. The topological polar surface area (TPSA) is 71.9 Å². The highest BCUT2D eigenvalue weighted by molar-refractivity contribution is 5.93. The van der Waals surface area contributed by atoms with Gasteiger partial charge in [-0.3, -0.25) is 14.2 Å². The molecule has 0 bridgehead atoms. The van der Waals surface area contributed by atoms with Gasteiger partial charge in [0.25, 0.3) is 5.56 Å². The number of H-pyrrole nitrogens is 1. The third kappa shape index (κ3) is 2.69. The average Bonchev–Trinajstić information content (AvgIpc) is 2.26. The second kappa shape index (κ2) is 5.15. The van der Waals surface area contributed by atoms with Crippen LogP contribution >= 0.6 is 0 Å². The van der Waals surface area contributed by atoms with Gasteiger partial charge in [0.1, 0.15) is 0 Å². The van der Waals surface area contributed by atoms with Gasteiger partial charge < -0.3 is 4.98 Å². The maximum Gasteiger partial charge on any atom is 0.328 e. The number of Topliss-reactive ketones (excluding diaryl/α,β-unsaturated/α-hetero) is 1. The number of nitrogens with one attached hydrogen (secondary N) is 1. The molecule has 1 N–H and O–H groups in total. The van der Waals surface area contributed by atoms with E-state index in [1.807, 2.05) is 0 Å². The number of nitrogens with zero attached hydrogens (tertiary/aromatic N) is 1. The molecular formula is C14H20N2O3. The van der Waals surface area contributed by atoms with Crippen LogP contribution in [0.3, 0.4) is 0 Å². The Labute approximate surface area is 111 Å². The van der Waals surface area contributed by atoms with Crippen LogP contribution in [-0.4, -0.2) is 15.3 Å². The quantitative estimate of drug-likeness (QED) is 0.827. The molecule has 0 saturated heterocycles. The van der Waals surface area contributed by atoms with Crippen molar-refractivity contribution in [3.8, 4) is 0 Å². The first kappa shape index (κ1) is 13.8. The minimum Gasteiger partial charge on any atom is -0.313 e. The first-order valence-electron chi connectivity index (χ1n) is 6.75. The number of aromatic amines is 1. The number of hydrogen-bond acceptors (Lipinski definition) is 3. The molecule has 1 aliphatic rings. The zero-order valence-electron chi connectivity index (χ0n) is 11.6. The lowest BCUT2D eigenvalue weighted by Crippen LogP contribution is -2.42. The Morgan fingerprint density at radius 3 is 2.32 bits per heavy atom. The minimum atomic E-state index is -0.456. The molecule has 0 amide bonds. The molecule has 1 saturated carbocycles. The van der Waals surface area contributed by atoms with Gasteiger partial charge >= 0.3 is 5.69 Å². The van der Waals surface area contributed by atoms with Gasteiger partial charge in [-0.05, 0) is 38.0 Å². The van der Waals surface area contributed by atoms with Crippen LogP contribution in [-0.2, 0) is 0 Å². The number of carbonyl (C=O) groups is 1. The Balaban J connectivity index is 2.50. The van der Waals surface area contributed by atoms with Crippen LogP contribution in [0.2, 0.25) is 0 Å². The summed E-state index contributed by atoms with van der Waals surface area (Å²) in [4.78, 5) is 38.1. The highest BCUT2D eigenvalue weighted by Crippen LogP contribution is 2.34. The summed E-state index contributed by atoms with van der Waals surface area (Å²) in [6.07, 6.45) is 3.97. The van der Waals surface area contributed by atoms with Crippen molar-refractivity contribution >= 4 is 5.78 Å². The largest absolute Gasteiger partial charge is 0.328 e. The predicted octanol–water partition coefficient (Wildman–Crippen LogP) is 1.74. The molecule has 1 aromatic heterocycles. The fourth-order valence-corrected chi connectivity index (χ4v) is 3.19. The summed E-state index contributed by atoms with van der Waals surface area (Å²) in [5.41, 5.74) is -0.811. The van der Waals surface area contributed by atoms with Crippen molar-refractivity contribution < 1.29 is 4.79 Å². The average molecular weight is 264 g/mol. The van der Waals surface area contributed by atoms with Gasteiger partial charge in [0.2, 0.25) is 0 Å². The lowest BCUT2D eigenvalue weighted by Gasteiger charge is -2.32. The van der Waals surface area contributed by atoms with Crippen LogP contribution in [0.25, 0.3) is 0 Å². The van der Waals surface area contributed by atoms with Crippen LogP contribution in [0.15, 0.2) is 15.8 Å². The van der Waals surface area contributed by atoms with Crippen LogP contribution in [0.5, 0.6) is 0 Å². The normalized spacial score (nSPS) is 27.2. The van der Waals surface area contributed by atoms with Gasteiger partial charge in [0.15, 0.2) is 5.78 Å². The van der Waals surface area contributed by atoms with Crippen molar-refractivity contribution in [1.29, 1.82) is 0 Å². The van der Waals surface area contributed by atoms with Gasteiger partial charge in [0.05, 0.1) is 5.56 Å². The highest BCUT2D eigenvalue weighted by Gasteiger charge is 2.28. The van der Waals surface area contributed by atoms with E-state index in [1.54, 1.807) is 0 Å². The molecule has 0 aliphatic heterocycles. The van der Waals surface area contributed by atoms with Crippen molar-refractivity contribution in [1.82, 2.24) is 9.55 Å². The zero-order chi connectivity index (χ0) is 14.2. The number of ketones is 1. The van der Waals surface area contributed by atoms with E-state index in [1.165, 1.54) is 17.7 Å². The van der Waals surface area contributed by atoms with E-state index in [0.29, 0.717) is 11.8 Å². The standard InChI is InChI=1S/C14H20N2O3/c1-8-4-9(2)6-11(5-8)16-13(18)12(10(3)17)7-15-14(16)19/h7-9,11H,4-6H2,1-3H3,(H,15,19). The van der Waals surface area contributed by atoms with Crippen molar-refractivity contribution in [3.05, 3.63) is 32.6 Å². The number of hydrogen-bond donors (Lipinski definition) is 1. The van der Waals surface area contributed by atoms with Crippen molar-refractivity contribution in [2.24, 2.45) is 11.8 Å². The summed E-state index contributed by atoms with van der Waals surface area (Å²) in [6, 6.07) is -0.103. The Morgan fingerprint density at radius 1 is 1.21 bits per heavy atom. The molecule has 19 heavy (non-hydrogen) atoms. The summed E-state index contributed by atoms with van der Waals surface area (Å²) in [5, 5.41) is 0. The summed E-state index contributed by atoms with van der Waals surface area (Å²) in [7, 11) is 0. The van der Waals surface area contributed by atoms with Gasteiger partial charge in [-0.25, -0.2) is 4.79 Å². The monoisotopic (exact) mass is 264 g/mol. The third-order valence-electron chi connectivity index (χ3n) is 3.91. The molecule has 5 nitrogen and oxygen atoms in total. The van der Waals surface area contributed by atoms with Crippen LogP contribution in [0.1, 0.15) is 56.4 Å². The maximum absolute atomic E-state index is 12.3. The molecule has 1 fully saturated rings. The van der Waals surface area contributed by atoms with Gasteiger partial charge in [-0.15, -0.1) is 0 Å². The molecule has 104 valence electrons. The SMILES string of the molecule is CC(=O)c1c[nH]c(=O)n(C2CC(C)CC(C)C2)c1=O. The molecule has 1 aliphatic carbocycles. The van der Waals surface area contributed by atoms with E-state index < -0.39 is 11.2 Å². The first-order chi connectivity index (χ1) is 8.90. The van der Waals surface area contributed by atoms with Crippen molar-refractivity contribution in [3.63, 3.8) is 0 Å². The first-order valence-corrected chi connectivity index (χ1v) is 6.75. The smallest absolute Gasteiger partial charge is 0.313 e. The van der Waals surface area contributed by atoms with Crippen LogP contribution < -0.4 is 11.2 Å². The van der Waals surface area contributed by atoms with E-state index in [-0.39, 0.29) is 17.4 Å². The Hall–Kier alpha value is -1.65. The van der Waals surface area contributed by atoms with E-state index in [9.17, 15) is 14.4 Å². The second-order valence-electron chi connectivity index (χ2n) is 5.81. The summed E-state index contributed by atoms with van der Waals surface area (Å²) in [6.45, 7) is 5.61. The van der Waals surface area contributed by atoms with E-state index in [0.717, 1.165) is 19.3 Å². The molecule has 0 aromatic carbocycles. The van der Waals surface area contributed by atoms with Gasteiger partial charge in [-0.1, -0.05) is 13.8 Å². The maximum atomic E-state index is 12.3. The van der Waals surface area contributed by atoms with Crippen LogP contribution in [0.4, 0.5) is 0 Å². The molecule has 0 radical (unpaired) electrons. The fraction of sp³-hybridized carbons (Fsp3) is 0.643. The van der Waals surface area contributed by atoms with Crippen LogP contribution in [0, 0.1) is 11.8 Å². The Kier molecular flexibility index (Phi) is 3.73. The molecule has 5 heteroatoms. The minimum absolute atomic E-state index is 0.0606. The number of aromatic nitrogens is 2. The molecule has 0 spiro atoms. The lowest BCUT2D eigenvalue weighted by atomic mass is 9.80. The number of rotatable bonds is 2. The summed E-state index contributed by atoms with van der Waals surface area (Å²) >= 11 is 0. The van der Waals surface area contributed by atoms with Crippen molar-refractivity contribution in [2.75, 3.05) is 0 Å². The Bertz CT molecular complexity index is 589. The summed E-state index contributed by atoms with van der Waals surface area (Å²) in [5.74, 6) is 0.661.